The molecule has 2 aromatic carbocycles. The molecule has 0 spiro atoms. The molecule has 21 heavy (non-hydrogen) atoms. The van der Waals surface area contributed by atoms with Crippen molar-refractivity contribution >= 4 is 22.5 Å². The summed E-state index contributed by atoms with van der Waals surface area (Å²) in [4.78, 5) is 4.75. The lowest BCUT2D eigenvalue weighted by Crippen LogP contribution is -1.98. The van der Waals surface area contributed by atoms with E-state index >= 15 is 0 Å². The van der Waals surface area contributed by atoms with E-state index in [1.807, 2.05) is 30.3 Å². The topological polar surface area (TPSA) is 12.4 Å². The molecule has 2 heteroatoms. The summed E-state index contributed by atoms with van der Waals surface area (Å²) in [5.74, 6) is 0.838. The second kappa shape index (κ2) is 6.91. The quantitative estimate of drug-likeness (QED) is 0.592. The molecule has 0 saturated carbocycles. The van der Waals surface area contributed by atoms with Crippen LogP contribution >= 0.6 is 11.6 Å². The van der Waals surface area contributed by atoms with E-state index in [9.17, 15) is 0 Å². The molecule has 0 aliphatic rings. The number of hydrogen-bond donors (Lipinski definition) is 0. The molecule has 0 N–H and O–H groups in total. The van der Waals surface area contributed by atoms with Gasteiger partial charge in [0.25, 0.3) is 0 Å². The van der Waals surface area contributed by atoms with Crippen molar-refractivity contribution in [3.05, 3.63) is 65.2 Å². The Bertz CT molecular complexity index is 601. The summed E-state index contributed by atoms with van der Waals surface area (Å²) >= 11 is 6.44. The van der Waals surface area contributed by atoms with Crippen LogP contribution in [0.2, 0.25) is 0 Å². The number of halogens is 1. The smallest absolute Gasteiger partial charge is 0.136 e. The first-order valence-corrected chi connectivity index (χ1v) is 7.81. The molecular formula is C19H22ClN. The summed E-state index contributed by atoms with van der Waals surface area (Å²) in [7, 11) is 0. The van der Waals surface area contributed by atoms with Crippen molar-refractivity contribution in [1.82, 2.24) is 0 Å². The van der Waals surface area contributed by atoms with Gasteiger partial charge in [-0.3, -0.25) is 0 Å². The number of rotatable bonds is 4. The highest BCUT2D eigenvalue weighted by Crippen LogP contribution is 2.35. The maximum Gasteiger partial charge on any atom is 0.136 e. The van der Waals surface area contributed by atoms with E-state index < -0.39 is 0 Å². The Hall–Kier alpha value is -1.60. The summed E-state index contributed by atoms with van der Waals surface area (Å²) in [6.07, 6.45) is 0. The van der Waals surface area contributed by atoms with Crippen molar-refractivity contribution in [1.29, 1.82) is 0 Å². The van der Waals surface area contributed by atoms with Crippen LogP contribution in [-0.2, 0) is 0 Å². The molecule has 0 atom stereocenters. The van der Waals surface area contributed by atoms with Gasteiger partial charge in [-0.05, 0) is 23.0 Å². The number of aliphatic imine (C=N–C) groups is 1. The highest BCUT2D eigenvalue weighted by molar-refractivity contribution is 6.69. The number of benzene rings is 2. The lowest BCUT2D eigenvalue weighted by Gasteiger charge is -2.16. The normalized spacial score (nSPS) is 12.2. The van der Waals surface area contributed by atoms with Gasteiger partial charge in [0, 0.05) is 5.56 Å². The van der Waals surface area contributed by atoms with Crippen LogP contribution in [0.3, 0.4) is 0 Å². The molecule has 1 nitrogen and oxygen atoms in total. The number of nitrogens with zero attached hydrogens (tertiary/aromatic N) is 1. The van der Waals surface area contributed by atoms with Gasteiger partial charge in [-0.15, -0.1) is 0 Å². The largest absolute Gasteiger partial charge is 0.235 e. The minimum Gasteiger partial charge on any atom is -0.235 e. The Kier molecular flexibility index (Phi) is 5.19. The maximum atomic E-state index is 6.44. The molecule has 0 unspecified atom stereocenters. The Morgan fingerprint density at radius 2 is 1.33 bits per heavy atom. The fourth-order valence-corrected chi connectivity index (χ4v) is 2.59. The first-order valence-electron chi connectivity index (χ1n) is 7.43. The monoisotopic (exact) mass is 299 g/mol. The van der Waals surface area contributed by atoms with Gasteiger partial charge >= 0.3 is 0 Å². The van der Waals surface area contributed by atoms with Crippen LogP contribution in [0, 0.1) is 0 Å². The number of hydrogen-bond acceptors (Lipinski definition) is 1. The van der Waals surface area contributed by atoms with Crippen molar-refractivity contribution in [2.45, 2.75) is 39.5 Å². The second-order valence-electron chi connectivity index (χ2n) is 5.86. The molecule has 0 saturated heterocycles. The van der Waals surface area contributed by atoms with Crippen molar-refractivity contribution in [3.63, 3.8) is 0 Å². The van der Waals surface area contributed by atoms with E-state index in [-0.39, 0.29) is 0 Å². The molecule has 110 valence electrons. The van der Waals surface area contributed by atoms with E-state index in [2.05, 4.69) is 45.9 Å². The van der Waals surface area contributed by atoms with Crippen LogP contribution in [0.4, 0.5) is 5.69 Å². The standard InChI is InChI=1S/C19H22ClN/c1-13(2)16-11-8-12-17(14(3)4)18(16)21-19(20)15-9-6-5-7-10-15/h5-14H,1-4H3/b21-19-. The van der Waals surface area contributed by atoms with Crippen LogP contribution < -0.4 is 0 Å². The average Bonchev–Trinajstić information content (AvgIpc) is 2.47. The summed E-state index contributed by atoms with van der Waals surface area (Å²) in [5.41, 5.74) is 4.47. The Balaban J connectivity index is 2.56. The van der Waals surface area contributed by atoms with Gasteiger partial charge in [-0.1, -0.05) is 87.8 Å². The van der Waals surface area contributed by atoms with Gasteiger partial charge in [0.15, 0.2) is 0 Å². The van der Waals surface area contributed by atoms with Gasteiger partial charge < -0.3 is 0 Å². The van der Waals surface area contributed by atoms with Gasteiger partial charge in [0.05, 0.1) is 5.69 Å². The average molecular weight is 300 g/mol. The fraction of sp³-hybridized carbons (Fsp3) is 0.316. The summed E-state index contributed by atoms with van der Waals surface area (Å²) in [6, 6.07) is 16.3. The highest BCUT2D eigenvalue weighted by Gasteiger charge is 2.14. The summed E-state index contributed by atoms with van der Waals surface area (Å²) in [6.45, 7) is 8.76. The molecule has 0 radical (unpaired) electrons. The van der Waals surface area contributed by atoms with Crippen LogP contribution in [0.25, 0.3) is 0 Å². The lowest BCUT2D eigenvalue weighted by atomic mass is 9.93. The third-order valence-corrected chi connectivity index (χ3v) is 3.87. The van der Waals surface area contributed by atoms with E-state index in [0.717, 1.165) is 11.3 Å². The minimum absolute atomic E-state index is 0.419. The molecule has 0 amide bonds. The SMILES string of the molecule is CC(C)c1cccc(C(C)C)c1/N=C(\Cl)c1ccccc1. The zero-order valence-corrected chi connectivity index (χ0v) is 13.9. The van der Waals surface area contributed by atoms with E-state index in [4.69, 9.17) is 16.6 Å². The molecule has 0 heterocycles. The van der Waals surface area contributed by atoms with Crippen molar-refractivity contribution in [2.24, 2.45) is 4.99 Å². The Morgan fingerprint density at radius 3 is 1.81 bits per heavy atom. The van der Waals surface area contributed by atoms with Gasteiger partial charge in [-0.2, -0.15) is 0 Å². The zero-order valence-electron chi connectivity index (χ0n) is 13.1. The molecule has 0 aliphatic heterocycles. The Morgan fingerprint density at radius 1 is 0.810 bits per heavy atom. The van der Waals surface area contributed by atoms with Crippen LogP contribution in [0.1, 0.15) is 56.2 Å². The second-order valence-corrected chi connectivity index (χ2v) is 6.22. The molecular weight excluding hydrogens is 278 g/mol. The third-order valence-electron chi connectivity index (χ3n) is 3.56. The van der Waals surface area contributed by atoms with Gasteiger partial charge in [-0.25, -0.2) is 4.99 Å². The lowest BCUT2D eigenvalue weighted by molar-refractivity contribution is 0.835. The predicted molar refractivity (Wildman–Crippen MR) is 93.1 cm³/mol. The molecule has 0 aromatic heterocycles. The third kappa shape index (κ3) is 3.74. The molecule has 0 aliphatic carbocycles. The minimum atomic E-state index is 0.419. The zero-order chi connectivity index (χ0) is 15.4. The first-order chi connectivity index (χ1) is 10.0. The van der Waals surface area contributed by atoms with Crippen LogP contribution in [0.15, 0.2) is 53.5 Å². The molecule has 0 bridgehead atoms. The molecule has 2 rings (SSSR count). The fourth-order valence-electron chi connectivity index (χ4n) is 2.38. The molecule has 2 aromatic rings. The molecule has 0 fully saturated rings. The number of para-hydroxylation sites is 1. The summed E-state index contributed by atoms with van der Waals surface area (Å²) in [5, 5.41) is 0.547. The van der Waals surface area contributed by atoms with Crippen LogP contribution in [0.5, 0.6) is 0 Å². The van der Waals surface area contributed by atoms with Gasteiger partial charge in [0.2, 0.25) is 0 Å². The first kappa shape index (κ1) is 15.8. The predicted octanol–water partition coefficient (Wildman–Crippen LogP) is 6.25. The Labute approximate surface area is 132 Å². The van der Waals surface area contributed by atoms with Crippen molar-refractivity contribution < 1.29 is 0 Å². The van der Waals surface area contributed by atoms with Crippen molar-refractivity contribution in [3.8, 4) is 0 Å². The van der Waals surface area contributed by atoms with Crippen LogP contribution in [-0.4, -0.2) is 5.17 Å². The maximum absolute atomic E-state index is 6.44. The van der Waals surface area contributed by atoms with E-state index in [0.29, 0.717) is 17.0 Å². The van der Waals surface area contributed by atoms with E-state index in [1.165, 1.54) is 11.1 Å². The van der Waals surface area contributed by atoms with E-state index in [1.54, 1.807) is 0 Å². The van der Waals surface area contributed by atoms with Gasteiger partial charge in [0.1, 0.15) is 5.17 Å². The van der Waals surface area contributed by atoms with Crippen molar-refractivity contribution in [2.75, 3.05) is 0 Å². The summed E-state index contributed by atoms with van der Waals surface area (Å²) < 4.78 is 0. The highest BCUT2D eigenvalue weighted by atomic mass is 35.5.